The number of allylic oxidation sites excluding steroid dienone is 1. The number of hydrogen-bond acceptors (Lipinski definition) is 10. The van der Waals surface area contributed by atoms with Gasteiger partial charge in [0.2, 0.25) is 11.8 Å². The number of carbonyl (C=O) groups excluding carboxylic acids is 4. The molecule has 6 fully saturated rings. The topological polar surface area (TPSA) is 153 Å². The van der Waals surface area contributed by atoms with Crippen LogP contribution in [-0.4, -0.2) is 101 Å². The Morgan fingerprint density at radius 3 is 2.34 bits per heavy atom. The second-order valence-electron chi connectivity index (χ2n) is 22.7. The van der Waals surface area contributed by atoms with Gasteiger partial charge >= 0.3 is 11.9 Å². The van der Waals surface area contributed by atoms with E-state index in [-0.39, 0.29) is 48.5 Å². The quantitative estimate of drug-likeness (QED) is 0.132. The van der Waals surface area contributed by atoms with Crippen molar-refractivity contribution < 1.29 is 48.0 Å². The number of hydrogen-bond donors (Lipinski definition) is 2. The van der Waals surface area contributed by atoms with Crippen molar-refractivity contribution in [2.75, 3.05) is 13.7 Å². The van der Waals surface area contributed by atoms with Crippen molar-refractivity contribution in [2.24, 2.45) is 29.1 Å². The predicted molar refractivity (Wildman–Crippen MR) is 252 cm³/mol. The number of amides is 2. The largest absolute Gasteiger partial charge is 0.460 e. The number of benzene rings is 2. The maximum absolute atomic E-state index is 14.8. The Morgan fingerprint density at radius 2 is 1.67 bits per heavy atom. The number of rotatable bonds is 15. The van der Waals surface area contributed by atoms with Gasteiger partial charge in [-0.25, -0.2) is 4.79 Å². The molecule has 2 heterocycles. The number of nitrogens with one attached hydrogen (secondary N) is 1. The lowest BCUT2D eigenvalue weighted by Gasteiger charge is -2.53. The summed E-state index contributed by atoms with van der Waals surface area (Å²) in [5.41, 5.74) is 3.65. The van der Waals surface area contributed by atoms with E-state index in [1.807, 2.05) is 48.5 Å². The van der Waals surface area contributed by atoms with Crippen molar-refractivity contribution in [1.82, 2.24) is 10.2 Å². The molecule has 9 atom stereocenters. The normalized spacial score (nSPS) is 30.9. The first-order chi connectivity index (χ1) is 31.8. The number of carbonyl (C=O) groups is 4. The maximum atomic E-state index is 14.8. The summed E-state index contributed by atoms with van der Waals surface area (Å²) in [5.74, 6) is -0.976. The molecule has 0 bridgehead atoms. The lowest BCUT2D eigenvalue weighted by molar-refractivity contribution is -0.209. The molecule has 9 rings (SSSR count). The summed E-state index contributed by atoms with van der Waals surface area (Å²) in [6.45, 7) is 12.0. The molecular formula is C55H72N2O10. The molecule has 67 heavy (non-hydrogen) atoms. The Labute approximate surface area is 396 Å². The van der Waals surface area contributed by atoms with Crippen LogP contribution in [0.4, 0.5) is 0 Å². The summed E-state index contributed by atoms with van der Waals surface area (Å²) in [6.07, 6.45) is 12.1. The van der Waals surface area contributed by atoms with E-state index in [0.717, 1.165) is 68.9 Å². The molecule has 12 nitrogen and oxygen atoms in total. The maximum Gasteiger partial charge on any atom is 0.338 e. The lowest BCUT2D eigenvalue weighted by atomic mass is 9.52. The Balaban J connectivity index is 0.945. The highest BCUT2D eigenvalue weighted by Crippen LogP contribution is 2.61. The van der Waals surface area contributed by atoms with Crippen molar-refractivity contribution in [2.45, 2.75) is 179 Å². The molecule has 0 aromatic heterocycles. The summed E-state index contributed by atoms with van der Waals surface area (Å²) >= 11 is 0. The van der Waals surface area contributed by atoms with Gasteiger partial charge in [0.05, 0.1) is 29.9 Å². The summed E-state index contributed by atoms with van der Waals surface area (Å²) in [4.78, 5) is 57.4. The molecule has 4 saturated carbocycles. The number of likely N-dealkylation sites (N-methyl/N-ethyl adjacent to an activating group) is 1. The molecule has 0 radical (unpaired) electrons. The van der Waals surface area contributed by atoms with Crippen LogP contribution in [0, 0.1) is 29.1 Å². The second kappa shape index (κ2) is 18.5. The van der Waals surface area contributed by atoms with Gasteiger partial charge in [-0.3, -0.25) is 14.4 Å². The molecule has 2 N–H and O–H groups in total. The molecular weight excluding hydrogens is 849 g/mol. The molecule has 0 spiro atoms. The van der Waals surface area contributed by atoms with Crippen LogP contribution in [0.3, 0.4) is 0 Å². The minimum absolute atomic E-state index is 0.00108. The average Bonchev–Trinajstić information content (AvgIpc) is 4.21. The van der Waals surface area contributed by atoms with Crippen molar-refractivity contribution in [1.29, 1.82) is 0 Å². The average molecular weight is 921 g/mol. The standard InChI is InChI=1S/C55H72N2O10/c1-52(2,3)66-47(59)23-21-40(32-58)56-49(60)43(28-33-12-9-8-10-13-33)57(7)50(61)37-29-44(48-45(30-37)64-55(67-48,38-17-18-38)39-19-20-39)63-51(62)36-15-11-14-34(27-36)26-35-16-22-46-54(6,65-46)25-24-42-41(35)31-53(42,4)5/h8-15,26-27,30,38-46,48,58H,16-25,28-29,31-32H2,1-7H3,(H,56,60). The Morgan fingerprint density at radius 1 is 0.940 bits per heavy atom. The van der Waals surface area contributed by atoms with Crippen molar-refractivity contribution in [3.8, 4) is 0 Å². The third-order valence-corrected chi connectivity index (χ3v) is 15.9. The molecule has 9 unspecified atom stereocenters. The third-order valence-electron chi connectivity index (χ3n) is 15.9. The predicted octanol–water partition coefficient (Wildman–Crippen LogP) is 8.29. The van der Waals surface area contributed by atoms with E-state index in [9.17, 15) is 24.3 Å². The highest BCUT2D eigenvalue weighted by molar-refractivity contribution is 5.97. The first kappa shape index (κ1) is 47.7. The molecule has 2 saturated heterocycles. The van der Waals surface area contributed by atoms with Crippen LogP contribution in [0.15, 0.2) is 71.8 Å². The van der Waals surface area contributed by atoms with Crippen LogP contribution in [0.5, 0.6) is 0 Å². The minimum Gasteiger partial charge on any atom is -0.460 e. The first-order valence-corrected chi connectivity index (χ1v) is 25.0. The number of aliphatic hydroxyl groups excluding tert-OH is 1. The van der Waals surface area contributed by atoms with Crippen molar-refractivity contribution in [3.05, 3.63) is 88.5 Å². The van der Waals surface area contributed by atoms with Crippen molar-refractivity contribution in [3.63, 3.8) is 0 Å². The van der Waals surface area contributed by atoms with Gasteiger partial charge in [-0.1, -0.05) is 68.0 Å². The van der Waals surface area contributed by atoms with E-state index in [1.54, 1.807) is 33.9 Å². The summed E-state index contributed by atoms with van der Waals surface area (Å²) < 4.78 is 31.9. The monoisotopic (exact) mass is 921 g/mol. The van der Waals surface area contributed by atoms with E-state index in [1.165, 1.54) is 10.5 Å². The van der Waals surface area contributed by atoms with E-state index < -0.39 is 72.1 Å². The zero-order valence-electron chi connectivity index (χ0n) is 40.6. The van der Waals surface area contributed by atoms with Gasteiger partial charge < -0.3 is 39.0 Å². The number of ether oxygens (including phenoxy) is 5. The molecule has 2 aliphatic heterocycles. The Hall–Kier alpha value is -4.36. The van der Waals surface area contributed by atoms with Crippen LogP contribution >= 0.6 is 0 Å². The Kier molecular flexibility index (Phi) is 13.2. The summed E-state index contributed by atoms with van der Waals surface area (Å²) in [7, 11) is 1.60. The fourth-order valence-corrected chi connectivity index (χ4v) is 11.7. The number of esters is 2. The van der Waals surface area contributed by atoms with Crippen molar-refractivity contribution >= 4 is 29.8 Å². The lowest BCUT2D eigenvalue weighted by Crippen LogP contribution is -2.53. The van der Waals surface area contributed by atoms with E-state index in [2.05, 4.69) is 38.2 Å². The second-order valence-corrected chi connectivity index (χ2v) is 22.7. The van der Waals surface area contributed by atoms with Gasteiger partial charge in [-0.05, 0) is 138 Å². The number of nitrogens with zero attached hydrogens (tertiary/aromatic N) is 1. The van der Waals surface area contributed by atoms with Gasteiger partial charge in [0.1, 0.15) is 30.0 Å². The zero-order chi connectivity index (χ0) is 47.5. The van der Waals surface area contributed by atoms with Crippen LogP contribution in [-0.2, 0) is 44.5 Å². The van der Waals surface area contributed by atoms with Gasteiger partial charge in [0.25, 0.3) is 0 Å². The molecule has 362 valence electrons. The molecule has 12 heteroatoms. The number of epoxide rings is 1. The van der Waals surface area contributed by atoms with Gasteiger partial charge in [-0.2, -0.15) is 0 Å². The summed E-state index contributed by atoms with van der Waals surface area (Å²) in [5, 5.41) is 13.2. The summed E-state index contributed by atoms with van der Waals surface area (Å²) in [6, 6.07) is 15.4. The number of aliphatic hydroxyl groups is 1. The molecule has 2 aromatic rings. The highest BCUT2D eigenvalue weighted by atomic mass is 16.8. The van der Waals surface area contributed by atoms with Gasteiger partial charge in [0.15, 0.2) is 5.79 Å². The van der Waals surface area contributed by atoms with E-state index >= 15 is 0 Å². The van der Waals surface area contributed by atoms with Crippen LogP contribution in [0.25, 0.3) is 6.08 Å². The molecule has 2 aromatic carbocycles. The van der Waals surface area contributed by atoms with E-state index in [0.29, 0.717) is 29.1 Å². The van der Waals surface area contributed by atoms with Gasteiger partial charge in [-0.15, -0.1) is 0 Å². The first-order valence-electron chi connectivity index (χ1n) is 25.0. The van der Waals surface area contributed by atoms with Crippen LogP contribution < -0.4 is 5.32 Å². The SMILES string of the molecule is CN(C(=O)C1=CC2OC(C3CC3)(C3CC3)OC2C(OC(=O)c2cccc(C=C3CCC4OC4(C)CCC4C3CC4(C)C)c2)C1)C(Cc1ccccc1)C(=O)NC(CO)CCC(=O)OC(C)(C)C. The third kappa shape index (κ3) is 10.5. The Bertz CT molecular complexity index is 2240. The molecule has 2 amide bonds. The fraction of sp³-hybridized carbons (Fsp3) is 0.636. The smallest absolute Gasteiger partial charge is 0.338 e. The fourth-order valence-electron chi connectivity index (χ4n) is 11.7. The van der Waals surface area contributed by atoms with E-state index in [4.69, 9.17) is 23.7 Å². The zero-order valence-corrected chi connectivity index (χ0v) is 40.6. The molecule has 7 aliphatic rings. The van der Waals surface area contributed by atoms with Crippen LogP contribution in [0.2, 0.25) is 0 Å². The van der Waals surface area contributed by atoms with Crippen LogP contribution in [0.1, 0.15) is 140 Å². The molecule has 5 aliphatic carbocycles. The number of fused-ring (bicyclic) bond motifs is 3. The minimum atomic E-state index is -0.982. The van der Waals surface area contributed by atoms with Gasteiger partial charge in [0, 0.05) is 43.7 Å². The highest BCUT2D eigenvalue weighted by Gasteiger charge is 2.65.